The van der Waals surface area contributed by atoms with Gasteiger partial charge >= 0.3 is 0 Å². The molecule has 3 heterocycles. The molecule has 26 heavy (non-hydrogen) atoms. The summed E-state index contributed by atoms with van der Waals surface area (Å²) < 4.78 is 8.99. The van der Waals surface area contributed by atoms with Gasteiger partial charge in [0.25, 0.3) is 0 Å². The average Bonchev–Trinajstić information content (AvgIpc) is 3.23. The van der Waals surface area contributed by atoms with E-state index < -0.39 is 0 Å². The van der Waals surface area contributed by atoms with Gasteiger partial charge in [-0.25, -0.2) is 4.52 Å². The lowest BCUT2D eigenvalue weighted by Gasteiger charge is -2.16. The van der Waals surface area contributed by atoms with Crippen molar-refractivity contribution < 1.29 is 4.74 Å². The largest absolute Gasteiger partial charge is 0.371 e. The fraction of sp³-hybridized carbons (Fsp3) is 0.222. The van der Waals surface area contributed by atoms with Gasteiger partial charge in [-0.1, -0.05) is 30.4 Å². The number of ether oxygens (including phenoxy) is 1. The van der Waals surface area contributed by atoms with Crippen LogP contribution in [0.5, 0.6) is 0 Å². The number of hydrogen-bond donors (Lipinski definition) is 1. The van der Waals surface area contributed by atoms with Crippen molar-refractivity contribution in [1.29, 1.82) is 0 Å². The van der Waals surface area contributed by atoms with E-state index in [1.54, 1.807) is 34.9 Å². The van der Waals surface area contributed by atoms with Gasteiger partial charge in [-0.3, -0.25) is 9.67 Å². The van der Waals surface area contributed by atoms with Crippen molar-refractivity contribution in [1.82, 2.24) is 29.4 Å². The third-order valence-electron chi connectivity index (χ3n) is 4.06. The number of rotatable bonds is 4. The van der Waals surface area contributed by atoms with Crippen LogP contribution < -0.4 is 5.32 Å². The minimum absolute atomic E-state index is 0.178. The summed E-state index contributed by atoms with van der Waals surface area (Å²) in [6.07, 6.45) is 17.9. The lowest BCUT2D eigenvalue weighted by Crippen LogP contribution is -2.18. The molecular weight excluding hydrogens is 330 g/mol. The van der Waals surface area contributed by atoms with Crippen LogP contribution in [0.2, 0.25) is 0 Å². The van der Waals surface area contributed by atoms with Gasteiger partial charge in [0.05, 0.1) is 6.20 Å². The molecule has 4 rings (SSSR count). The van der Waals surface area contributed by atoms with E-state index in [0.717, 1.165) is 23.4 Å². The molecule has 0 saturated heterocycles. The lowest BCUT2D eigenvalue weighted by atomic mass is 10.1. The highest BCUT2D eigenvalue weighted by molar-refractivity contribution is 5.73. The molecule has 0 amide bonds. The Morgan fingerprint density at radius 1 is 1.31 bits per heavy atom. The summed E-state index contributed by atoms with van der Waals surface area (Å²) in [5.74, 6) is 0.495. The number of methoxy groups -OCH3 is 1. The normalized spacial score (nSPS) is 21.6. The Morgan fingerprint density at radius 3 is 3.04 bits per heavy atom. The number of allylic oxidation sites excluding steroid dienone is 4. The SMILES string of the molecule is COC1/C=C\C=C/C/C=C\1Nc1nc2c(-c3cnn(C)c3)nccn2n1. The highest BCUT2D eigenvalue weighted by Gasteiger charge is 2.16. The van der Waals surface area contributed by atoms with Crippen molar-refractivity contribution in [3.05, 3.63) is 60.9 Å². The fourth-order valence-electron chi connectivity index (χ4n) is 2.81. The second-order valence-electron chi connectivity index (χ2n) is 5.87. The Kier molecular flexibility index (Phi) is 4.32. The van der Waals surface area contributed by atoms with Crippen molar-refractivity contribution in [2.75, 3.05) is 12.4 Å². The third-order valence-corrected chi connectivity index (χ3v) is 4.06. The first-order valence-corrected chi connectivity index (χ1v) is 8.28. The maximum Gasteiger partial charge on any atom is 0.247 e. The molecule has 0 fully saturated rings. The number of hydrogen-bond acceptors (Lipinski definition) is 6. The van der Waals surface area contributed by atoms with Gasteiger partial charge in [0, 0.05) is 44.0 Å². The van der Waals surface area contributed by atoms with Crippen LogP contribution in [0.4, 0.5) is 5.95 Å². The Morgan fingerprint density at radius 2 is 2.23 bits per heavy atom. The van der Waals surface area contributed by atoms with Gasteiger partial charge in [-0.2, -0.15) is 10.1 Å². The Labute approximate surface area is 150 Å². The fourth-order valence-corrected chi connectivity index (χ4v) is 2.81. The zero-order valence-electron chi connectivity index (χ0n) is 14.6. The highest BCUT2D eigenvalue weighted by Crippen LogP contribution is 2.22. The van der Waals surface area contributed by atoms with Crippen LogP contribution >= 0.6 is 0 Å². The molecule has 3 aromatic heterocycles. The van der Waals surface area contributed by atoms with Crippen LogP contribution in [0.3, 0.4) is 0 Å². The molecule has 0 spiro atoms. The summed E-state index contributed by atoms with van der Waals surface area (Å²) in [7, 11) is 3.55. The topological polar surface area (TPSA) is 82.2 Å². The van der Waals surface area contributed by atoms with Crippen molar-refractivity contribution in [3.8, 4) is 11.3 Å². The van der Waals surface area contributed by atoms with Gasteiger partial charge in [0.2, 0.25) is 5.95 Å². The second-order valence-corrected chi connectivity index (χ2v) is 5.87. The number of nitrogens with zero attached hydrogens (tertiary/aromatic N) is 6. The number of aryl methyl sites for hydroxylation is 1. The third kappa shape index (κ3) is 3.14. The van der Waals surface area contributed by atoms with E-state index >= 15 is 0 Å². The van der Waals surface area contributed by atoms with Gasteiger partial charge in [-0.05, 0) is 6.42 Å². The molecule has 0 aromatic carbocycles. The predicted molar refractivity (Wildman–Crippen MR) is 98.4 cm³/mol. The quantitative estimate of drug-likeness (QED) is 0.779. The summed E-state index contributed by atoms with van der Waals surface area (Å²) in [4.78, 5) is 9.06. The van der Waals surface area contributed by atoms with E-state index in [-0.39, 0.29) is 6.10 Å². The molecule has 1 unspecified atom stereocenters. The molecule has 1 atom stereocenters. The monoisotopic (exact) mass is 349 g/mol. The van der Waals surface area contributed by atoms with Gasteiger partial charge in [0.15, 0.2) is 5.65 Å². The lowest BCUT2D eigenvalue weighted by molar-refractivity contribution is 0.169. The Hall–Kier alpha value is -3.26. The standard InChI is InChI=1S/C18H19N7O/c1-24-12-13(11-20-24)16-17-22-18(23-25(17)10-9-19-16)21-14-7-5-3-4-6-8-15(14)26-2/h3-4,6-12,15H,5H2,1-2H3,(H,21,23)/b4-3-,8-6-,14-7+. The maximum atomic E-state index is 5.54. The molecule has 0 saturated carbocycles. The van der Waals surface area contributed by atoms with Crippen LogP contribution in [-0.2, 0) is 11.8 Å². The van der Waals surface area contributed by atoms with E-state index in [9.17, 15) is 0 Å². The minimum Gasteiger partial charge on any atom is -0.371 e. The molecule has 8 heteroatoms. The average molecular weight is 349 g/mol. The van der Waals surface area contributed by atoms with Crippen molar-refractivity contribution >= 4 is 11.6 Å². The first-order valence-electron chi connectivity index (χ1n) is 8.28. The molecule has 0 bridgehead atoms. The van der Waals surface area contributed by atoms with Gasteiger partial charge < -0.3 is 10.1 Å². The first-order chi connectivity index (χ1) is 12.7. The molecule has 0 radical (unpaired) electrons. The Balaban J connectivity index is 1.70. The van der Waals surface area contributed by atoms with Gasteiger partial charge in [0.1, 0.15) is 11.8 Å². The molecule has 8 nitrogen and oxygen atoms in total. The van der Waals surface area contributed by atoms with E-state index in [2.05, 4.69) is 37.6 Å². The van der Waals surface area contributed by atoms with Crippen molar-refractivity contribution in [2.45, 2.75) is 12.5 Å². The summed E-state index contributed by atoms with van der Waals surface area (Å²) >= 11 is 0. The molecule has 0 aliphatic heterocycles. The smallest absolute Gasteiger partial charge is 0.247 e. The summed E-state index contributed by atoms with van der Waals surface area (Å²) in [5.41, 5.74) is 3.20. The molecule has 1 aliphatic rings. The Bertz CT molecular complexity index is 1010. The van der Waals surface area contributed by atoms with Crippen LogP contribution in [0.1, 0.15) is 6.42 Å². The molecule has 3 aromatic rings. The van der Waals surface area contributed by atoms with Crippen LogP contribution in [0.15, 0.2) is 60.9 Å². The number of aromatic nitrogens is 6. The summed E-state index contributed by atoms with van der Waals surface area (Å²) in [5, 5.41) is 12.0. The molecule has 1 N–H and O–H groups in total. The molecule has 1 aliphatic carbocycles. The number of nitrogens with one attached hydrogen (secondary N) is 1. The van der Waals surface area contributed by atoms with Crippen LogP contribution in [0.25, 0.3) is 16.9 Å². The summed E-state index contributed by atoms with van der Waals surface area (Å²) in [6.45, 7) is 0. The zero-order valence-corrected chi connectivity index (χ0v) is 14.6. The number of anilines is 1. The zero-order chi connectivity index (χ0) is 17.9. The van der Waals surface area contributed by atoms with E-state index in [1.807, 2.05) is 31.5 Å². The van der Waals surface area contributed by atoms with E-state index in [1.165, 1.54) is 0 Å². The van der Waals surface area contributed by atoms with E-state index in [4.69, 9.17) is 4.74 Å². The predicted octanol–water partition coefficient (Wildman–Crippen LogP) is 2.35. The van der Waals surface area contributed by atoms with Crippen LogP contribution in [0, 0.1) is 0 Å². The molecular formula is C18H19N7O. The molecule has 132 valence electrons. The number of fused-ring (bicyclic) bond motifs is 1. The van der Waals surface area contributed by atoms with Gasteiger partial charge in [-0.15, -0.1) is 5.10 Å². The summed E-state index contributed by atoms with van der Waals surface area (Å²) in [6, 6.07) is 0. The van der Waals surface area contributed by atoms with Crippen LogP contribution in [-0.4, -0.2) is 42.6 Å². The second kappa shape index (κ2) is 6.93. The highest BCUT2D eigenvalue weighted by atomic mass is 16.5. The maximum absolute atomic E-state index is 5.54. The van der Waals surface area contributed by atoms with Crippen molar-refractivity contribution in [3.63, 3.8) is 0 Å². The van der Waals surface area contributed by atoms with Crippen molar-refractivity contribution in [2.24, 2.45) is 7.05 Å². The minimum atomic E-state index is -0.178. The first kappa shape index (κ1) is 16.2. The van der Waals surface area contributed by atoms with E-state index in [0.29, 0.717) is 11.6 Å².